The molecular formula is C34H40NO3+. The van der Waals surface area contributed by atoms with Gasteiger partial charge in [-0.3, -0.25) is 0 Å². The number of aliphatic hydroxyl groups is 1. The minimum absolute atomic E-state index is 0.123. The first-order valence-corrected chi connectivity index (χ1v) is 14.4. The Balaban J connectivity index is 1.16. The highest BCUT2D eigenvalue weighted by atomic mass is 16.6. The molecular weight excluding hydrogens is 470 g/mol. The van der Waals surface area contributed by atoms with E-state index < -0.39 is 11.6 Å². The Bertz CT molecular complexity index is 1180. The molecule has 2 bridgehead atoms. The van der Waals surface area contributed by atoms with Gasteiger partial charge >= 0.3 is 5.97 Å². The van der Waals surface area contributed by atoms with E-state index in [-0.39, 0.29) is 6.10 Å². The fourth-order valence-corrected chi connectivity index (χ4v) is 7.99. The number of fused-ring (bicyclic) bond motifs is 2. The molecule has 1 aliphatic heterocycles. The molecule has 6 rings (SSSR count). The van der Waals surface area contributed by atoms with Gasteiger partial charge in [0.05, 0.1) is 26.2 Å². The first-order chi connectivity index (χ1) is 18.5. The Kier molecular flexibility index (Phi) is 6.88. The predicted molar refractivity (Wildman–Crippen MR) is 149 cm³/mol. The van der Waals surface area contributed by atoms with Crippen molar-refractivity contribution in [2.45, 2.75) is 56.3 Å². The molecule has 198 valence electrons. The van der Waals surface area contributed by atoms with E-state index in [2.05, 4.69) is 37.4 Å². The van der Waals surface area contributed by atoms with Crippen molar-refractivity contribution in [1.82, 2.24) is 0 Å². The Hall–Kier alpha value is -2.95. The van der Waals surface area contributed by atoms with E-state index in [0.717, 1.165) is 23.2 Å². The molecule has 1 heterocycles. The third kappa shape index (κ3) is 4.58. The lowest BCUT2D eigenvalue weighted by Gasteiger charge is -2.47. The summed E-state index contributed by atoms with van der Waals surface area (Å²) in [4.78, 5) is 13.8. The molecule has 4 atom stereocenters. The first kappa shape index (κ1) is 25.3. The zero-order valence-electron chi connectivity index (χ0n) is 22.4. The normalized spacial score (nSPS) is 30.7. The van der Waals surface area contributed by atoms with Crippen LogP contribution in [0, 0.1) is 17.8 Å². The minimum atomic E-state index is -1.81. The number of ether oxygens (including phenoxy) is 1. The highest BCUT2D eigenvalue weighted by Gasteiger charge is 2.59. The van der Waals surface area contributed by atoms with E-state index in [4.69, 9.17) is 4.74 Å². The van der Waals surface area contributed by atoms with Crippen molar-refractivity contribution in [1.29, 1.82) is 0 Å². The smallest absolute Gasteiger partial charge is 0.347 e. The van der Waals surface area contributed by atoms with Gasteiger partial charge in [-0.05, 0) is 61.1 Å². The molecule has 4 nitrogen and oxygen atoms in total. The second kappa shape index (κ2) is 10.3. The Morgan fingerprint density at radius 3 is 1.97 bits per heavy atom. The molecule has 3 fully saturated rings. The minimum Gasteiger partial charge on any atom is -0.459 e. The predicted octanol–water partition coefficient (Wildman–Crippen LogP) is 5.73. The van der Waals surface area contributed by atoms with Crippen molar-refractivity contribution in [2.75, 3.05) is 20.1 Å². The fourth-order valence-electron chi connectivity index (χ4n) is 7.99. The maximum absolute atomic E-state index is 13.8. The number of benzene rings is 3. The van der Waals surface area contributed by atoms with Gasteiger partial charge in [0.1, 0.15) is 6.10 Å². The van der Waals surface area contributed by atoms with Crippen LogP contribution in [0.1, 0.15) is 48.8 Å². The van der Waals surface area contributed by atoms with Gasteiger partial charge in [0, 0.05) is 11.8 Å². The average molecular weight is 511 g/mol. The molecule has 1 saturated heterocycles. The van der Waals surface area contributed by atoms with Gasteiger partial charge < -0.3 is 14.3 Å². The molecule has 38 heavy (non-hydrogen) atoms. The lowest BCUT2D eigenvalue weighted by molar-refractivity contribution is -0.943. The zero-order chi connectivity index (χ0) is 26.2. The molecule has 4 heteroatoms. The molecule has 1 N–H and O–H groups in total. The molecule has 3 aromatic carbocycles. The SMILES string of the molecule is C[N+]1(C2[C@@H]3CC[C@@H]2[C@H](OC(=O)C(O)(c2ccccc2)c2ccccc2)C3)CCC(Cc2ccccc2)CC1. The van der Waals surface area contributed by atoms with E-state index in [9.17, 15) is 9.90 Å². The highest BCUT2D eigenvalue weighted by Crippen LogP contribution is 2.52. The standard InChI is InChI=1S/C34H40NO3/c1-35(21-19-26(20-22-35)23-25-11-5-2-6-12-25)32-27-17-18-30(32)31(24-27)38-33(36)34(37,28-13-7-3-8-14-28)29-15-9-4-10-16-29/h2-16,26-27,30-32,37H,17-24H2,1H3/q+1/t26?,27-,30-,31-,32?,35?/m1/s1. The summed E-state index contributed by atoms with van der Waals surface area (Å²) in [5.41, 5.74) is 0.741. The molecule has 0 aromatic heterocycles. The monoisotopic (exact) mass is 510 g/mol. The number of nitrogens with zero attached hydrogens (tertiary/aromatic N) is 1. The van der Waals surface area contributed by atoms with E-state index >= 15 is 0 Å². The van der Waals surface area contributed by atoms with Crippen LogP contribution in [0.5, 0.6) is 0 Å². The van der Waals surface area contributed by atoms with E-state index in [1.165, 1.54) is 44.3 Å². The van der Waals surface area contributed by atoms with Crippen LogP contribution in [0.2, 0.25) is 0 Å². The number of likely N-dealkylation sites (tertiary alicyclic amines) is 1. The summed E-state index contributed by atoms with van der Waals surface area (Å²) < 4.78 is 7.39. The van der Waals surface area contributed by atoms with E-state index in [1.807, 2.05) is 60.7 Å². The van der Waals surface area contributed by atoms with Crippen LogP contribution in [0.4, 0.5) is 0 Å². The first-order valence-electron chi connectivity index (χ1n) is 14.4. The second-order valence-electron chi connectivity index (χ2n) is 12.2. The lowest BCUT2D eigenvalue weighted by Crippen LogP contribution is -2.58. The summed E-state index contributed by atoms with van der Waals surface area (Å²) in [6.07, 6.45) is 6.83. The van der Waals surface area contributed by atoms with Gasteiger partial charge in [0.2, 0.25) is 5.60 Å². The van der Waals surface area contributed by atoms with Crippen molar-refractivity contribution >= 4 is 5.97 Å². The van der Waals surface area contributed by atoms with Crippen molar-refractivity contribution in [3.05, 3.63) is 108 Å². The van der Waals surface area contributed by atoms with Gasteiger partial charge in [0.25, 0.3) is 0 Å². The Labute approximate surface area is 226 Å². The van der Waals surface area contributed by atoms with Crippen LogP contribution < -0.4 is 0 Å². The fraction of sp³-hybridized carbons (Fsp3) is 0.441. The second-order valence-corrected chi connectivity index (χ2v) is 12.2. The van der Waals surface area contributed by atoms with Gasteiger partial charge in [-0.25, -0.2) is 4.79 Å². The number of carbonyl (C=O) groups excluding carboxylic acids is 1. The maximum atomic E-state index is 13.8. The van der Waals surface area contributed by atoms with Crippen molar-refractivity contribution in [3.63, 3.8) is 0 Å². The number of piperidine rings is 1. The number of hydrogen-bond acceptors (Lipinski definition) is 3. The van der Waals surface area contributed by atoms with Gasteiger partial charge in [-0.1, -0.05) is 91.0 Å². The van der Waals surface area contributed by atoms with Crippen LogP contribution in [-0.2, 0) is 21.6 Å². The largest absolute Gasteiger partial charge is 0.459 e. The maximum Gasteiger partial charge on any atom is 0.347 e. The Morgan fingerprint density at radius 1 is 0.842 bits per heavy atom. The number of carbonyl (C=O) groups is 1. The summed E-state index contributed by atoms with van der Waals surface area (Å²) in [7, 11) is 2.45. The number of quaternary nitrogens is 1. The van der Waals surface area contributed by atoms with Crippen molar-refractivity contribution in [3.8, 4) is 0 Å². The molecule has 0 amide bonds. The number of hydrogen-bond donors (Lipinski definition) is 1. The van der Waals surface area contributed by atoms with Gasteiger partial charge in [-0.2, -0.15) is 0 Å². The topological polar surface area (TPSA) is 46.5 Å². The lowest BCUT2D eigenvalue weighted by atomic mass is 9.86. The van der Waals surface area contributed by atoms with Crippen LogP contribution in [0.25, 0.3) is 0 Å². The molecule has 2 aliphatic carbocycles. The number of esters is 1. The highest BCUT2D eigenvalue weighted by molar-refractivity contribution is 5.85. The third-order valence-electron chi connectivity index (χ3n) is 9.93. The summed E-state index contributed by atoms with van der Waals surface area (Å²) in [6.45, 7) is 2.40. The van der Waals surface area contributed by atoms with Crippen molar-refractivity contribution < 1.29 is 19.1 Å². The molecule has 2 saturated carbocycles. The summed E-state index contributed by atoms with van der Waals surface area (Å²) in [5, 5.41) is 11.9. The van der Waals surface area contributed by atoms with E-state index in [1.54, 1.807) is 0 Å². The molecule has 3 aromatic rings. The van der Waals surface area contributed by atoms with Crippen molar-refractivity contribution in [2.24, 2.45) is 17.8 Å². The Morgan fingerprint density at radius 2 is 1.39 bits per heavy atom. The molecule has 1 unspecified atom stereocenters. The zero-order valence-corrected chi connectivity index (χ0v) is 22.4. The quantitative estimate of drug-likeness (QED) is 0.326. The average Bonchev–Trinajstić information content (AvgIpc) is 3.54. The van der Waals surface area contributed by atoms with Crippen LogP contribution in [0.15, 0.2) is 91.0 Å². The van der Waals surface area contributed by atoms with Gasteiger partial charge in [-0.15, -0.1) is 0 Å². The van der Waals surface area contributed by atoms with Crippen LogP contribution in [-0.4, -0.2) is 47.8 Å². The molecule has 0 radical (unpaired) electrons. The van der Waals surface area contributed by atoms with E-state index in [0.29, 0.717) is 29.0 Å². The number of rotatable bonds is 7. The van der Waals surface area contributed by atoms with Gasteiger partial charge in [0.15, 0.2) is 0 Å². The van der Waals surface area contributed by atoms with Crippen LogP contribution >= 0.6 is 0 Å². The summed E-state index contributed by atoms with van der Waals surface area (Å²) >= 11 is 0. The molecule has 3 aliphatic rings. The summed E-state index contributed by atoms with van der Waals surface area (Å²) in [6, 6.07) is 29.9. The third-order valence-corrected chi connectivity index (χ3v) is 9.93. The summed E-state index contributed by atoms with van der Waals surface area (Å²) in [5.74, 6) is 1.17. The molecule has 0 spiro atoms. The van der Waals surface area contributed by atoms with Crippen LogP contribution in [0.3, 0.4) is 0 Å².